The summed E-state index contributed by atoms with van der Waals surface area (Å²) >= 11 is 0. The molecule has 0 saturated carbocycles. The number of hydrogen-bond acceptors (Lipinski definition) is 6. The molecule has 3 rings (SSSR count). The maximum atomic E-state index is 12.5. The van der Waals surface area contributed by atoms with Crippen LogP contribution in [0.1, 0.15) is 18.4 Å². The van der Waals surface area contributed by atoms with Crippen LogP contribution in [0.3, 0.4) is 0 Å². The molecule has 1 aliphatic heterocycles. The van der Waals surface area contributed by atoms with Gasteiger partial charge in [0.15, 0.2) is 5.03 Å². The Kier molecular flexibility index (Phi) is 5.01. The Balaban J connectivity index is 1.56. The Bertz CT molecular complexity index is 879. The van der Waals surface area contributed by atoms with Gasteiger partial charge in [0.1, 0.15) is 11.6 Å². The molecule has 0 radical (unpaired) electrons. The van der Waals surface area contributed by atoms with Crippen molar-refractivity contribution < 1.29 is 13.2 Å². The molecule has 132 valence electrons. The Morgan fingerprint density at radius 2 is 2.12 bits per heavy atom. The molecule has 0 spiro atoms. The minimum absolute atomic E-state index is 0.0804. The van der Waals surface area contributed by atoms with Gasteiger partial charge < -0.3 is 9.30 Å². The Morgan fingerprint density at radius 1 is 1.36 bits per heavy atom. The molecule has 0 aliphatic carbocycles. The van der Waals surface area contributed by atoms with Crippen LogP contribution in [0.25, 0.3) is 0 Å². The zero-order chi connectivity index (χ0) is 17.9. The molecule has 9 heteroatoms. The number of rotatable bonds is 5. The minimum Gasteiger partial charge on any atom is -0.476 e. The monoisotopic (exact) mass is 361 g/mol. The molecule has 2 aromatic rings. The molecular weight excluding hydrogens is 342 g/mol. The molecule has 1 aliphatic rings. The summed E-state index contributed by atoms with van der Waals surface area (Å²) in [7, 11) is -1.80. The van der Waals surface area contributed by atoms with Crippen LogP contribution >= 0.6 is 0 Å². The highest BCUT2D eigenvalue weighted by atomic mass is 32.2. The molecule has 2 aromatic heterocycles. The smallest absolute Gasteiger partial charge is 0.262 e. The number of nitrogens with zero attached hydrogens (tertiary/aromatic N) is 5. The van der Waals surface area contributed by atoms with Crippen LogP contribution in [0, 0.1) is 17.2 Å². The van der Waals surface area contributed by atoms with E-state index >= 15 is 0 Å². The molecule has 3 heterocycles. The average molecular weight is 361 g/mol. The van der Waals surface area contributed by atoms with Crippen molar-refractivity contribution in [2.75, 3.05) is 19.7 Å². The fourth-order valence-electron chi connectivity index (χ4n) is 2.76. The lowest BCUT2D eigenvalue weighted by Gasteiger charge is -2.30. The zero-order valence-electron chi connectivity index (χ0n) is 13.9. The van der Waals surface area contributed by atoms with Crippen LogP contribution in [-0.2, 0) is 17.1 Å². The highest BCUT2D eigenvalue weighted by molar-refractivity contribution is 7.89. The predicted octanol–water partition coefficient (Wildman–Crippen LogP) is 1.17. The van der Waals surface area contributed by atoms with E-state index in [1.165, 1.54) is 16.8 Å². The van der Waals surface area contributed by atoms with Crippen molar-refractivity contribution in [3.63, 3.8) is 0 Å². The summed E-state index contributed by atoms with van der Waals surface area (Å²) in [6.07, 6.45) is 5.96. The second-order valence-electron chi connectivity index (χ2n) is 6.00. The number of aryl methyl sites for hydroxylation is 1. The summed E-state index contributed by atoms with van der Waals surface area (Å²) in [6.45, 7) is 1.28. The molecule has 0 N–H and O–H groups in total. The van der Waals surface area contributed by atoms with E-state index in [-0.39, 0.29) is 10.9 Å². The first-order valence-corrected chi connectivity index (χ1v) is 9.40. The average Bonchev–Trinajstić information content (AvgIpc) is 3.08. The van der Waals surface area contributed by atoms with Gasteiger partial charge in [-0.25, -0.2) is 18.4 Å². The summed E-state index contributed by atoms with van der Waals surface area (Å²) < 4.78 is 33.8. The maximum absolute atomic E-state index is 12.5. The first kappa shape index (κ1) is 17.4. The first-order valence-electron chi connectivity index (χ1n) is 7.96. The molecule has 0 unspecified atom stereocenters. The lowest BCUT2D eigenvalue weighted by Crippen LogP contribution is -2.39. The van der Waals surface area contributed by atoms with Crippen molar-refractivity contribution in [3.05, 3.63) is 36.4 Å². The van der Waals surface area contributed by atoms with E-state index in [4.69, 9.17) is 10.00 Å². The van der Waals surface area contributed by atoms with Gasteiger partial charge in [-0.15, -0.1) is 0 Å². The topological polar surface area (TPSA) is 101 Å². The van der Waals surface area contributed by atoms with Gasteiger partial charge >= 0.3 is 0 Å². The Labute approximate surface area is 146 Å². The normalized spacial score (nSPS) is 16.5. The van der Waals surface area contributed by atoms with Crippen molar-refractivity contribution in [1.82, 2.24) is 18.8 Å². The largest absolute Gasteiger partial charge is 0.476 e. The van der Waals surface area contributed by atoms with Gasteiger partial charge in [-0.3, -0.25) is 0 Å². The maximum Gasteiger partial charge on any atom is 0.262 e. The number of ether oxygens (including phenoxy) is 1. The van der Waals surface area contributed by atoms with Crippen LogP contribution < -0.4 is 4.74 Å². The van der Waals surface area contributed by atoms with Crippen molar-refractivity contribution in [1.29, 1.82) is 5.26 Å². The van der Waals surface area contributed by atoms with Crippen LogP contribution in [0.15, 0.2) is 35.9 Å². The standard InChI is InChI=1S/C16H19N5O3S/c1-20-10-15(19-12-20)25(22,23)21-7-4-13(5-8-21)11-24-16-14(9-17)3-2-6-18-16/h2-3,6,10,12-13H,4-5,7-8,11H2,1H3. The zero-order valence-corrected chi connectivity index (χ0v) is 14.7. The number of aromatic nitrogens is 3. The van der Waals surface area contributed by atoms with Gasteiger partial charge in [0.25, 0.3) is 10.0 Å². The number of piperidine rings is 1. The molecule has 0 amide bonds. The van der Waals surface area contributed by atoms with Crippen LogP contribution in [-0.4, -0.2) is 47.0 Å². The van der Waals surface area contributed by atoms with Crippen molar-refractivity contribution >= 4 is 10.0 Å². The van der Waals surface area contributed by atoms with E-state index in [1.807, 2.05) is 6.07 Å². The van der Waals surface area contributed by atoms with Gasteiger partial charge in [-0.1, -0.05) is 0 Å². The molecule has 8 nitrogen and oxygen atoms in total. The summed E-state index contributed by atoms with van der Waals surface area (Å²) in [5, 5.41) is 9.12. The van der Waals surface area contributed by atoms with Gasteiger partial charge in [-0.2, -0.15) is 9.57 Å². The third-order valence-corrected chi connectivity index (χ3v) is 5.99. The van der Waals surface area contributed by atoms with Crippen molar-refractivity contribution in [2.24, 2.45) is 13.0 Å². The Morgan fingerprint density at radius 3 is 2.76 bits per heavy atom. The summed E-state index contributed by atoms with van der Waals surface area (Å²) in [5.74, 6) is 0.553. The fraction of sp³-hybridized carbons (Fsp3) is 0.438. The minimum atomic E-state index is -3.54. The third kappa shape index (κ3) is 3.81. The molecule has 1 saturated heterocycles. The van der Waals surface area contributed by atoms with E-state index in [0.29, 0.717) is 44.0 Å². The first-order chi connectivity index (χ1) is 12.0. The Hall–Kier alpha value is -2.44. The molecular formula is C16H19N5O3S. The van der Waals surface area contributed by atoms with E-state index < -0.39 is 10.0 Å². The molecule has 25 heavy (non-hydrogen) atoms. The second-order valence-corrected chi connectivity index (χ2v) is 7.89. The second kappa shape index (κ2) is 7.21. The molecule has 0 atom stereocenters. The molecule has 1 fully saturated rings. The summed E-state index contributed by atoms with van der Waals surface area (Å²) in [4.78, 5) is 8.02. The van der Waals surface area contributed by atoms with Gasteiger partial charge in [0.2, 0.25) is 5.88 Å². The van der Waals surface area contributed by atoms with Crippen LogP contribution in [0.4, 0.5) is 0 Å². The highest BCUT2D eigenvalue weighted by Gasteiger charge is 2.31. The summed E-state index contributed by atoms with van der Waals surface area (Å²) in [5.41, 5.74) is 0.401. The van der Waals surface area contributed by atoms with Crippen molar-refractivity contribution in [2.45, 2.75) is 17.9 Å². The van der Waals surface area contributed by atoms with E-state index in [9.17, 15) is 8.42 Å². The lowest BCUT2D eigenvalue weighted by atomic mass is 9.99. The highest BCUT2D eigenvalue weighted by Crippen LogP contribution is 2.24. The predicted molar refractivity (Wildman–Crippen MR) is 89.1 cm³/mol. The van der Waals surface area contributed by atoms with Crippen molar-refractivity contribution in [3.8, 4) is 11.9 Å². The molecule has 0 bridgehead atoms. The SMILES string of the molecule is Cn1cnc(S(=O)(=O)N2CCC(COc3ncccc3C#N)CC2)c1. The number of imidazole rings is 1. The lowest BCUT2D eigenvalue weighted by molar-refractivity contribution is 0.180. The van der Waals surface area contributed by atoms with Gasteiger partial charge in [0, 0.05) is 32.5 Å². The van der Waals surface area contributed by atoms with Crippen LogP contribution in [0.2, 0.25) is 0 Å². The number of nitriles is 1. The van der Waals surface area contributed by atoms with E-state index in [1.54, 1.807) is 29.9 Å². The fourth-order valence-corrected chi connectivity index (χ4v) is 4.19. The quantitative estimate of drug-likeness (QED) is 0.792. The molecule has 0 aromatic carbocycles. The number of sulfonamides is 1. The van der Waals surface area contributed by atoms with Gasteiger partial charge in [0.05, 0.1) is 12.9 Å². The van der Waals surface area contributed by atoms with E-state index in [2.05, 4.69) is 9.97 Å². The summed E-state index contributed by atoms with van der Waals surface area (Å²) in [6, 6.07) is 5.39. The number of hydrogen-bond donors (Lipinski definition) is 0. The van der Waals surface area contributed by atoms with E-state index in [0.717, 1.165) is 0 Å². The number of pyridine rings is 1. The van der Waals surface area contributed by atoms with Crippen LogP contribution in [0.5, 0.6) is 5.88 Å². The van der Waals surface area contributed by atoms with Gasteiger partial charge in [-0.05, 0) is 30.9 Å². The third-order valence-electron chi connectivity index (χ3n) is 4.21.